The summed E-state index contributed by atoms with van der Waals surface area (Å²) in [5.41, 5.74) is 0. The fourth-order valence-corrected chi connectivity index (χ4v) is 0.730. The van der Waals surface area contributed by atoms with Gasteiger partial charge < -0.3 is 5.32 Å². The summed E-state index contributed by atoms with van der Waals surface area (Å²) in [7, 11) is 0. The molecule has 0 saturated heterocycles. The van der Waals surface area contributed by atoms with E-state index in [0.29, 0.717) is 0 Å². The monoisotopic (exact) mass is 146 g/mol. The highest BCUT2D eigenvalue weighted by Crippen LogP contribution is 1.98. The Bertz CT molecular complexity index is 235. The van der Waals surface area contributed by atoms with Crippen molar-refractivity contribution in [3.05, 3.63) is 24.4 Å². The van der Waals surface area contributed by atoms with Crippen LogP contribution in [0, 0.1) is 12.3 Å². The van der Waals surface area contributed by atoms with Crippen molar-refractivity contribution in [2.75, 3.05) is 11.9 Å². The molecule has 0 saturated carbocycles. The summed E-state index contributed by atoms with van der Waals surface area (Å²) in [6.07, 6.45) is 7.56. The summed E-state index contributed by atoms with van der Waals surface area (Å²) in [5.74, 6) is 3.43. The molecule has 2 heteroatoms. The predicted molar refractivity (Wildman–Crippen MR) is 46.2 cm³/mol. The second kappa shape index (κ2) is 4.35. The Morgan fingerprint density at radius 1 is 1.55 bits per heavy atom. The zero-order chi connectivity index (χ0) is 7.94. The lowest BCUT2D eigenvalue weighted by Gasteiger charge is -2.00. The predicted octanol–water partition coefficient (Wildman–Crippen LogP) is 1.52. The molecule has 0 amide bonds. The maximum atomic E-state index is 5.08. The molecule has 1 N–H and O–H groups in total. The minimum Gasteiger partial charge on any atom is -0.369 e. The summed E-state index contributed by atoms with van der Waals surface area (Å²) in [4.78, 5) is 4.07. The zero-order valence-corrected chi connectivity index (χ0v) is 6.25. The average Bonchev–Trinajstić information content (AvgIpc) is 2.07. The van der Waals surface area contributed by atoms with Crippen molar-refractivity contribution >= 4 is 5.82 Å². The van der Waals surface area contributed by atoms with Crippen LogP contribution in [0.25, 0.3) is 0 Å². The number of rotatable bonds is 3. The number of pyridine rings is 1. The minimum atomic E-state index is 0.733. The molecular formula is C9H10N2. The summed E-state index contributed by atoms with van der Waals surface area (Å²) in [5, 5.41) is 3.09. The maximum absolute atomic E-state index is 5.08. The Kier molecular flexibility index (Phi) is 3.01. The van der Waals surface area contributed by atoms with Crippen LogP contribution in [0.1, 0.15) is 6.42 Å². The molecule has 0 radical (unpaired) electrons. The van der Waals surface area contributed by atoms with Crippen LogP contribution in [0.4, 0.5) is 5.82 Å². The second-order valence-corrected chi connectivity index (χ2v) is 2.10. The Labute approximate surface area is 66.7 Å². The van der Waals surface area contributed by atoms with Crippen LogP contribution in [0.2, 0.25) is 0 Å². The molecule has 11 heavy (non-hydrogen) atoms. The van der Waals surface area contributed by atoms with E-state index in [-0.39, 0.29) is 0 Å². The van der Waals surface area contributed by atoms with E-state index in [9.17, 15) is 0 Å². The van der Waals surface area contributed by atoms with Gasteiger partial charge in [-0.2, -0.15) is 0 Å². The Balaban J connectivity index is 2.35. The normalized spacial score (nSPS) is 8.64. The van der Waals surface area contributed by atoms with Crippen molar-refractivity contribution in [3.8, 4) is 12.3 Å². The molecule has 1 heterocycles. The van der Waals surface area contributed by atoms with Crippen molar-refractivity contribution < 1.29 is 0 Å². The Hall–Kier alpha value is -1.49. The number of hydrogen-bond donors (Lipinski definition) is 1. The van der Waals surface area contributed by atoms with E-state index in [4.69, 9.17) is 6.42 Å². The number of aromatic nitrogens is 1. The summed E-state index contributed by atoms with van der Waals surface area (Å²) in [6, 6.07) is 5.73. The lowest BCUT2D eigenvalue weighted by atomic mass is 10.4. The van der Waals surface area contributed by atoms with E-state index in [0.717, 1.165) is 18.8 Å². The first-order chi connectivity index (χ1) is 5.43. The van der Waals surface area contributed by atoms with Gasteiger partial charge in [0.1, 0.15) is 5.82 Å². The van der Waals surface area contributed by atoms with E-state index in [1.54, 1.807) is 6.20 Å². The average molecular weight is 146 g/mol. The van der Waals surface area contributed by atoms with Crippen molar-refractivity contribution in [2.24, 2.45) is 0 Å². The van der Waals surface area contributed by atoms with Gasteiger partial charge in [0.15, 0.2) is 0 Å². The zero-order valence-electron chi connectivity index (χ0n) is 6.25. The van der Waals surface area contributed by atoms with E-state index in [1.807, 2.05) is 18.2 Å². The van der Waals surface area contributed by atoms with Gasteiger partial charge in [0.05, 0.1) is 0 Å². The van der Waals surface area contributed by atoms with Crippen LogP contribution in [-0.4, -0.2) is 11.5 Å². The summed E-state index contributed by atoms with van der Waals surface area (Å²) in [6.45, 7) is 0.785. The number of hydrogen-bond acceptors (Lipinski definition) is 2. The molecule has 0 aliphatic rings. The largest absolute Gasteiger partial charge is 0.369 e. The fourth-order valence-electron chi connectivity index (χ4n) is 0.730. The molecule has 2 nitrogen and oxygen atoms in total. The van der Waals surface area contributed by atoms with Gasteiger partial charge in [0.2, 0.25) is 0 Å². The molecule has 0 aliphatic carbocycles. The molecule has 0 spiro atoms. The topological polar surface area (TPSA) is 24.9 Å². The quantitative estimate of drug-likeness (QED) is 0.516. The highest BCUT2D eigenvalue weighted by molar-refractivity contribution is 5.32. The SMILES string of the molecule is C#CCCNc1ccccn1. The van der Waals surface area contributed by atoms with Gasteiger partial charge in [0, 0.05) is 19.2 Å². The van der Waals surface area contributed by atoms with Crippen LogP contribution in [0.3, 0.4) is 0 Å². The summed E-state index contributed by atoms with van der Waals surface area (Å²) < 4.78 is 0. The lowest BCUT2D eigenvalue weighted by molar-refractivity contribution is 1.07. The summed E-state index contributed by atoms with van der Waals surface area (Å²) >= 11 is 0. The van der Waals surface area contributed by atoms with Gasteiger partial charge in [-0.05, 0) is 12.1 Å². The van der Waals surface area contributed by atoms with Gasteiger partial charge in [-0.15, -0.1) is 12.3 Å². The van der Waals surface area contributed by atoms with Crippen LogP contribution >= 0.6 is 0 Å². The molecule has 0 aliphatic heterocycles. The van der Waals surface area contributed by atoms with Gasteiger partial charge in [-0.25, -0.2) is 4.98 Å². The molecule has 0 unspecified atom stereocenters. The molecule has 0 aromatic carbocycles. The van der Waals surface area contributed by atoms with Crippen molar-refractivity contribution in [1.82, 2.24) is 4.98 Å². The smallest absolute Gasteiger partial charge is 0.125 e. The Morgan fingerprint density at radius 2 is 2.45 bits per heavy atom. The number of anilines is 1. The molecule has 1 aromatic heterocycles. The van der Waals surface area contributed by atoms with Crippen LogP contribution in [-0.2, 0) is 0 Å². The number of nitrogens with one attached hydrogen (secondary N) is 1. The molecule has 0 fully saturated rings. The van der Waals surface area contributed by atoms with Gasteiger partial charge >= 0.3 is 0 Å². The van der Waals surface area contributed by atoms with Crippen molar-refractivity contribution in [1.29, 1.82) is 0 Å². The molecule has 1 rings (SSSR count). The molecule has 0 bridgehead atoms. The second-order valence-electron chi connectivity index (χ2n) is 2.10. The molecule has 0 atom stereocenters. The lowest BCUT2D eigenvalue weighted by Crippen LogP contribution is -2.01. The van der Waals surface area contributed by atoms with Crippen LogP contribution in [0.5, 0.6) is 0 Å². The van der Waals surface area contributed by atoms with E-state index in [2.05, 4.69) is 16.2 Å². The number of terminal acetylenes is 1. The van der Waals surface area contributed by atoms with Crippen molar-refractivity contribution in [2.45, 2.75) is 6.42 Å². The first-order valence-electron chi connectivity index (χ1n) is 3.52. The molecular weight excluding hydrogens is 136 g/mol. The number of nitrogens with zero attached hydrogens (tertiary/aromatic N) is 1. The molecule has 56 valence electrons. The fraction of sp³-hybridized carbons (Fsp3) is 0.222. The third kappa shape index (κ3) is 2.72. The van der Waals surface area contributed by atoms with Gasteiger partial charge in [-0.1, -0.05) is 6.07 Å². The van der Waals surface area contributed by atoms with E-state index in [1.165, 1.54) is 0 Å². The van der Waals surface area contributed by atoms with Crippen LogP contribution in [0.15, 0.2) is 24.4 Å². The third-order valence-electron chi connectivity index (χ3n) is 1.24. The van der Waals surface area contributed by atoms with Crippen molar-refractivity contribution in [3.63, 3.8) is 0 Å². The van der Waals surface area contributed by atoms with E-state index < -0.39 is 0 Å². The van der Waals surface area contributed by atoms with E-state index >= 15 is 0 Å². The minimum absolute atomic E-state index is 0.733. The van der Waals surface area contributed by atoms with Gasteiger partial charge in [-0.3, -0.25) is 0 Å². The highest BCUT2D eigenvalue weighted by atomic mass is 15.0. The standard InChI is InChI=1S/C9H10N2/c1-2-3-7-10-9-6-4-5-8-11-9/h1,4-6,8H,3,7H2,(H,10,11). The Morgan fingerprint density at radius 3 is 3.09 bits per heavy atom. The molecule has 1 aromatic rings. The highest BCUT2D eigenvalue weighted by Gasteiger charge is 1.86. The van der Waals surface area contributed by atoms with Gasteiger partial charge in [0.25, 0.3) is 0 Å². The maximum Gasteiger partial charge on any atom is 0.125 e. The third-order valence-corrected chi connectivity index (χ3v) is 1.24. The van der Waals surface area contributed by atoms with Crippen LogP contribution < -0.4 is 5.32 Å². The first kappa shape index (κ1) is 7.62. The first-order valence-corrected chi connectivity index (χ1v) is 3.52.